The SMILES string of the molecule is CN1CCN(c2ccc(N=C(c3ccccc3)c3c(O)[nH]c4cc(C(=O)NC5CCC5)ccc34)cc2)CC1. The second-order valence-electron chi connectivity index (χ2n) is 10.3. The topological polar surface area (TPSA) is 84.0 Å². The highest BCUT2D eigenvalue weighted by Crippen LogP contribution is 2.33. The molecule has 1 amide bonds. The maximum Gasteiger partial charge on any atom is 0.251 e. The number of aromatic hydroxyl groups is 1. The fraction of sp³-hybridized carbons (Fsp3) is 0.290. The number of aliphatic imine (C=N–C) groups is 1. The number of nitrogens with zero attached hydrogens (tertiary/aromatic N) is 3. The molecule has 0 atom stereocenters. The second-order valence-corrected chi connectivity index (χ2v) is 10.3. The van der Waals surface area contributed by atoms with Crippen molar-refractivity contribution < 1.29 is 9.90 Å². The van der Waals surface area contributed by atoms with E-state index >= 15 is 0 Å². The number of hydrogen-bond donors (Lipinski definition) is 3. The third-order valence-electron chi connectivity index (χ3n) is 7.72. The van der Waals surface area contributed by atoms with Crippen molar-refractivity contribution in [3.05, 3.63) is 89.5 Å². The smallest absolute Gasteiger partial charge is 0.251 e. The minimum absolute atomic E-state index is 0.0354. The van der Waals surface area contributed by atoms with Gasteiger partial charge in [0.1, 0.15) is 0 Å². The normalized spacial score (nSPS) is 17.0. The molecule has 0 spiro atoms. The standard InChI is InChI=1S/C31H33N5O2/c1-35-16-18-36(19-17-35)25-13-11-24(12-14-25)32-29(21-6-3-2-4-7-21)28-26-15-10-22(20-27(26)34-31(28)38)30(37)33-23-8-5-9-23/h2-4,6-7,10-15,20,23,34,38H,5,8-9,16-19H2,1H3,(H,33,37). The first-order chi connectivity index (χ1) is 18.5. The fourth-order valence-corrected chi connectivity index (χ4v) is 5.18. The molecule has 7 nitrogen and oxygen atoms in total. The highest BCUT2D eigenvalue weighted by molar-refractivity contribution is 6.22. The van der Waals surface area contributed by atoms with E-state index < -0.39 is 0 Å². The molecule has 1 saturated heterocycles. The third-order valence-corrected chi connectivity index (χ3v) is 7.72. The lowest BCUT2D eigenvalue weighted by atomic mass is 9.93. The molecule has 0 unspecified atom stereocenters. The van der Waals surface area contributed by atoms with Gasteiger partial charge in [-0.05, 0) is 62.7 Å². The van der Waals surface area contributed by atoms with E-state index in [4.69, 9.17) is 4.99 Å². The van der Waals surface area contributed by atoms with Crippen LogP contribution >= 0.6 is 0 Å². The van der Waals surface area contributed by atoms with Crippen molar-refractivity contribution >= 4 is 33.9 Å². The number of aromatic nitrogens is 1. The van der Waals surface area contributed by atoms with Gasteiger partial charge in [-0.15, -0.1) is 0 Å². The zero-order chi connectivity index (χ0) is 26.1. The van der Waals surface area contributed by atoms with Crippen LogP contribution in [0.2, 0.25) is 0 Å². The van der Waals surface area contributed by atoms with E-state index in [0.29, 0.717) is 22.4 Å². The molecular weight excluding hydrogens is 474 g/mol. The lowest BCUT2D eigenvalue weighted by molar-refractivity contribution is 0.0917. The Labute approximate surface area is 222 Å². The van der Waals surface area contributed by atoms with Crippen molar-refractivity contribution in [2.24, 2.45) is 4.99 Å². The van der Waals surface area contributed by atoms with E-state index in [0.717, 1.165) is 62.1 Å². The van der Waals surface area contributed by atoms with E-state index in [1.54, 1.807) is 6.07 Å². The third kappa shape index (κ3) is 4.89. The summed E-state index contributed by atoms with van der Waals surface area (Å²) >= 11 is 0. The Morgan fingerprint density at radius 3 is 2.37 bits per heavy atom. The number of anilines is 1. The monoisotopic (exact) mass is 507 g/mol. The first kappa shape index (κ1) is 24.2. The molecule has 1 aliphatic heterocycles. The number of hydrogen-bond acceptors (Lipinski definition) is 5. The van der Waals surface area contributed by atoms with Crippen LogP contribution < -0.4 is 10.2 Å². The van der Waals surface area contributed by atoms with Gasteiger partial charge in [0.05, 0.1) is 17.0 Å². The Kier molecular flexibility index (Phi) is 6.60. The molecule has 0 radical (unpaired) electrons. The lowest BCUT2D eigenvalue weighted by Gasteiger charge is -2.34. The summed E-state index contributed by atoms with van der Waals surface area (Å²) in [5, 5.41) is 15.0. The number of carbonyl (C=O) groups is 1. The minimum atomic E-state index is -0.0790. The van der Waals surface area contributed by atoms with E-state index in [2.05, 4.69) is 39.3 Å². The van der Waals surface area contributed by atoms with Crippen LogP contribution in [-0.4, -0.2) is 65.9 Å². The van der Waals surface area contributed by atoms with Crippen LogP contribution in [0.5, 0.6) is 5.88 Å². The quantitative estimate of drug-likeness (QED) is 0.318. The van der Waals surface area contributed by atoms with Gasteiger partial charge < -0.3 is 25.2 Å². The van der Waals surface area contributed by atoms with Crippen LogP contribution in [0.15, 0.2) is 77.8 Å². The molecule has 1 aromatic heterocycles. The molecule has 1 aliphatic carbocycles. The van der Waals surface area contributed by atoms with Gasteiger partial charge in [-0.2, -0.15) is 0 Å². The van der Waals surface area contributed by atoms with Gasteiger partial charge in [0, 0.05) is 59.9 Å². The Morgan fingerprint density at radius 1 is 0.947 bits per heavy atom. The highest BCUT2D eigenvalue weighted by atomic mass is 16.3. The number of benzene rings is 3. The van der Waals surface area contributed by atoms with Crippen LogP contribution in [0.1, 0.15) is 40.7 Å². The van der Waals surface area contributed by atoms with E-state index in [1.165, 1.54) is 5.69 Å². The molecule has 2 fully saturated rings. The van der Waals surface area contributed by atoms with E-state index in [-0.39, 0.29) is 17.8 Å². The number of piperazine rings is 1. The van der Waals surface area contributed by atoms with Crippen molar-refractivity contribution in [3.63, 3.8) is 0 Å². The summed E-state index contributed by atoms with van der Waals surface area (Å²) in [7, 11) is 2.16. The maximum absolute atomic E-state index is 12.7. The number of H-pyrrole nitrogens is 1. The number of likely N-dealkylation sites (N-methyl/N-ethyl adjacent to an activating group) is 1. The maximum atomic E-state index is 12.7. The molecule has 3 N–H and O–H groups in total. The molecule has 0 bridgehead atoms. The summed E-state index contributed by atoms with van der Waals surface area (Å²) < 4.78 is 0. The van der Waals surface area contributed by atoms with Gasteiger partial charge in [-0.3, -0.25) is 4.79 Å². The minimum Gasteiger partial charge on any atom is -0.494 e. The Morgan fingerprint density at radius 2 is 1.68 bits per heavy atom. The highest BCUT2D eigenvalue weighted by Gasteiger charge is 2.23. The molecule has 4 aromatic rings. The molecule has 6 rings (SSSR count). The van der Waals surface area contributed by atoms with Crippen LogP contribution in [0.3, 0.4) is 0 Å². The van der Waals surface area contributed by atoms with Crippen molar-refractivity contribution in [1.82, 2.24) is 15.2 Å². The van der Waals surface area contributed by atoms with Crippen molar-refractivity contribution in [3.8, 4) is 5.88 Å². The molecule has 3 aromatic carbocycles. The van der Waals surface area contributed by atoms with Crippen molar-refractivity contribution in [2.75, 3.05) is 38.1 Å². The summed E-state index contributed by atoms with van der Waals surface area (Å²) in [6, 6.07) is 24.0. The van der Waals surface area contributed by atoms with Crippen LogP contribution in [0.4, 0.5) is 11.4 Å². The fourth-order valence-electron chi connectivity index (χ4n) is 5.18. The summed E-state index contributed by atoms with van der Waals surface area (Å²) in [5.41, 5.74) is 5.49. The van der Waals surface area contributed by atoms with Gasteiger partial charge >= 0.3 is 0 Å². The zero-order valence-electron chi connectivity index (χ0n) is 21.7. The summed E-state index contributed by atoms with van der Waals surface area (Å²) in [4.78, 5) is 25.6. The average molecular weight is 508 g/mol. The predicted octanol–water partition coefficient (Wildman–Crippen LogP) is 5.08. The van der Waals surface area contributed by atoms with Gasteiger partial charge in [0.2, 0.25) is 0 Å². The number of carbonyl (C=O) groups excluding carboxylic acids is 1. The molecular formula is C31H33N5O2. The van der Waals surface area contributed by atoms with Crippen LogP contribution in [-0.2, 0) is 0 Å². The summed E-state index contributed by atoms with van der Waals surface area (Å²) in [6.07, 6.45) is 3.24. The number of nitrogens with one attached hydrogen (secondary N) is 2. The van der Waals surface area contributed by atoms with Gasteiger partial charge in [0.15, 0.2) is 5.88 Å². The molecule has 194 valence electrons. The molecule has 38 heavy (non-hydrogen) atoms. The number of aromatic amines is 1. The summed E-state index contributed by atoms with van der Waals surface area (Å²) in [6.45, 7) is 4.14. The summed E-state index contributed by atoms with van der Waals surface area (Å²) in [5.74, 6) is -0.0437. The first-order valence-electron chi connectivity index (χ1n) is 13.4. The molecule has 2 aliphatic rings. The van der Waals surface area contributed by atoms with Crippen LogP contribution in [0.25, 0.3) is 10.9 Å². The van der Waals surface area contributed by atoms with Gasteiger partial charge in [0.25, 0.3) is 5.91 Å². The number of fused-ring (bicyclic) bond motifs is 1. The molecule has 2 heterocycles. The predicted molar refractivity (Wildman–Crippen MR) is 153 cm³/mol. The van der Waals surface area contributed by atoms with E-state index in [9.17, 15) is 9.90 Å². The molecule has 1 saturated carbocycles. The van der Waals surface area contributed by atoms with Crippen molar-refractivity contribution in [2.45, 2.75) is 25.3 Å². The van der Waals surface area contributed by atoms with Crippen molar-refractivity contribution in [1.29, 1.82) is 0 Å². The van der Waals surface area contributed by atoms with Gasteiger partial charge in [-0.25, -0.2) is 4.99 Å². The van der Waals surface area contributed by atoms with Crippen LogP contribution in [0, 0.1) is 0 Å². The Balaban J connectivity index is 1.35. The Bertz CT molecular complexity index is 1460. The molecule has 7 heteroatoms. The largest absolute Gasteiger partial charge is 0.494 e. The Hall–Kier alpha value is -4.10. The lowest BCUT2D eigenvalue weighted by Crippen LogP contribution is -2.44. The zero-order valence-corrected chi connectivity index (χ0v) is 21.7. The first-order valence-corrected chi connectivity index (χ1v) is 13.4. The second kappa shape index (κ2) is 10.3. The van der Waals surface area contributed by atoms with Gasteiger partial charge in [-0.1, -0.05) is 36.4 Å². The van der Waals surface area contributed by atoms with E-state index in [1.807, 2.05) is 54.6 Å². The number of rotatable bonds is 6. The average Bonchev–Trinajstić information content (AvgIpc) is 3.25. The number of amides is 1.